The van der Waals surface area contributed by atoms with Crippen LogP contribution in [-0.4, -0.2) is 12.2 Å². The third kappa shape index (κ3) is 3.58. The monoisotopic (exact) mass is 250 g/mol. The highest BCUT2D eigenvalue weighted by Gasteiger charge is 2.40. The zero-order valence-electron chi connectivity index (χ0n) is 9.97. The van der Waals surface area contributed by atoms with Crippen molar-refractivity contribution in [1.82, 2.24) is 5.43 Å². The molecule has 2 bridgehead atoms. The van der Waals surface area contributed by atoms with Gasteiger partial charge in [0.2, 0.25) is 0 Å². The molecule has 2 aliphatic rings. The normalized spacial score (nSPS) is 34.2. The van der Waals surface area contributed by atoms with Gasteiger partial charge in [0.05, 0.1) is 0 Å². The summed E-state index contributed by atoms with van der Waals surface area (Å²) in [6.45, 7) is 0. The van der Waals surface area contributed by atoms with Crippen LogP contribution >= 0.6 is 0 Å². The van der Waals surface area contributed by atoms with Gasteiger partial charge in [-0.2, -0.15) is 13.2 Å². The van der Waals surface area contributed by atoms with Crippen molar-refractivity contribution in [3.05, 3.63) is 0 Å². The third-order valence-electron chi connectivity index (χ3n) is 4.48. The van der Waals surface area contributed by atoms with Crippen molar-refractivity contribution < 1.29 is 13.2 Å². The van der Waals surface area contributed by atoms with Crippen molar-refractivity contribution in [3.63, 3.8) is 0 Å². The number of nitrogens with two attached hydrogens (primary N) is 1. The summed E-state index contributed by atoms with van der Waals surface area (Å²) in [5.74, 6) is 7.55. The van der Waals surface area contributed by atoms with E-state index in [0.29, 0.717) is 5.92 Å². The number of hydrazine groups is 1. The van der Waals surface area contributed by atoms with Crippen LogP contribution in [-0.2, 0) is 0 Å². The molecule has 0 aromatic carbocycles. The first-order valence-electron chi connectivity index (χ1n) is 6.51. The quantitative estimate of drug-likeness (QED) is 0.581. The maximum Gasteiger partial charge on any atom is 0.389 e. The third-order valence-corrected chi connectivity index (χ3v) is 4.48. The number of halogens is 3. The summed E-state index contributed by atoms with van der Waals surface area (Å²) in [6.07, 6.45) is 1.21. The smallest absolute Gasteiger partial charge is 0.271 e. The van der Waals surface area contributed by atoms with Crippen LogP contribution in [0, 0.1) is 17.8 Å². The lowest BCUT2D eigenvalue weighted by Gasteiger charge is -2.26. The summed E-state index contributed by atoms with van der Waals surface area (Å²) in [4.78, 5) is 0. The minimum absolute atomic E-state index is 0.105. The Morgan fingerprint density at radius 2 is 2.00 bits per heavy atom. The second-order valence-electron chi connectivity index (χ2n) is 5.69. The van der Waals surface area contributed by atoms with E-state index >= 15 is 0 Å². The van der Waals surface area contributed by atoms with Crippen LogP contribution in [0.2, 0.25) is 0 Å². The summed E-state index contributed by atoms with van der Waals surface area (Å²) in [6, 6.07) is -0.180. The molecular formula is C12H21F3N2. The van der Waals surface area contributed by atoms with E-state index in [9.17, 15) is 13.2 Å². The van der Waals surface area contributed by atoms with Gasteiger partial charge in [0.1, 0.15) is 0 Å². The van der Waals surface area contributed by atoms with Gasteiger partial charge in [0.15, 0.2) is 0 Å². The molecule has 0 spiro atoms. The first-order valence-corrected chi connectivity index (χ1v) is 6.51. The standard InChI is InChI=1S/C12H21F3N2/c13-12(14,15)4-3-11(17-16)7-10-6-8-1-2-9(10)5-8/h8-11,17H,1-7,16H2. The van der Waals surface area contributed by atoms with Crippen LogP contribution in [0.5, 0.6) is 0 Å². The summed E-state index contributed by atoms with van der Waals surface area (Å²) in [5.41, 5.74) is 2.56. The number of nitrogens with one attached hydrogen (secondary N) is 1. The second kappa shape index (κ2) is 5.14. The highest BCUT2D eigenvalue weighted by atomic mass is 19.4. The molecule has 0 radical (unpaired) electrons. The molecule has 2 rings (SSSR count). The molecular weight excluding hydrogens is 229 g/mol. The molecule has 100 valence electrons. The lowest BCUT2D eigenvalue weighted by Crippen LogP contribution is -2.38. The van der Waals surface area contributed by atoms with Gasteiger partial charge in [0.25, 0.3) is 0 Å². The Morgan fingerprint density at radius 3 is 2.47 bits per heavy atom. The summed E-state index contributed by atoms with van der Waals surface area (Å²) in [7, 11) is 0. The van der Waals surface area contributed by atoms with Gasteiger partial charge in [0, 0.05) is 12.5 Å². The van der Waals surface area contributed by atoms with Crippen LogP contribution in [0.25, 0.3) is 0 Å². The molecule has 3 N–H and O–H groups in total. The van der Waals surface area contributed by atoms with Gasteiger partial charge in [-0.1, -0.05) is 6.42 Å². The van der Waals surface area contributed by atoms with Crippen molar-refractivity contribution >= 4 is 0 Å². The molecule has 4 atom stereocenters. The number of hydrogen-bond acceptors (Lipinski definition) is 2. The minimum Gasteiger partial charge on any atom is -0.271 e. The highest BCUT2D eigenvalue weighted by Crippen LogP contribution is 2.50. The second-order valence-corrected chi connectivity index (χ2v) is 5.69. The predicted octanol–water partition coefficient (Wildman–Crippen LogP) is 2.99. The molecule has 4 unspecified atom stereocenters. The molecule has 2 fully saturated rings. The fraction of sp³-hybridized carbons (Fsp3) is 1.00. The van der Waals surface area contributed by atoms with E-state index in [-0.39, 0.29) is 12.5 Å². The molecule has 0 saturated heterocycles. The summed E-state index contributed by atoms with van der Waals surface area (Å²) < 4.78 is 36.4. The largest absolute Gasteiger partial charge is 0.389 e. The average Bonchev–Trinajstić information content (AvgIpc) is 2.84. The Morgan fingerprint density at radius 1 is 1.24 bits per heavy atom. The number of fused-ring (bicyclic) bond motifs is 2. The Hall–Kier alpha value is -0.290. The molecule has 0 heterocycles. The van der Waals surface area contributed by atoms with Gasteiger partial charge < -0.3 is 0 Å². The lowest BCUT2D eigenvalue weighted by molar-refractivity contribution is -0.136. The molecule has 2 nitrogen and oxygen atoms in total. The zero-order chi connectivity index (χ0) is 12.5. The van der Waals surface area contributed by atoms with Gasteiger partial charge >= 0.3 is 6.18 Å². The van der Waals surface area contributed by atoms with Crippen LogP contribution < -0.4 is 11.3 Å². The molecule has 2 saturated carbocycles. The average molecular weight is 250 g/mol. The number of rotatable bonds is 5. The van der Waals surface area contributed by atoms with E-state index < -0.39 is 12.6 Å². The molecule has 2 aliphatic carbocycles. The van der Waals surface area contributed by atoms with Gasteiger partial charge in [-0.25, -0.2) is 0 Å². The Balaban J connectivity index is 1.76. The van der Waals surface area contributed by atoms with Crippen LogP contribution in [0.1, 0.15) is 44.9 Å². The van der Waals surface area contributed by atoms with Gasteiger partial charge in [-0.15, -0.1) is 0 Å². The van der Waals surface area contributed by atoms with E-state index in [2.05, 4.69) is 5.43 Å². The van der Waals surface area contributed by atoms with Crippen LogP contribution in [0.3, 0.4) is 0 Å². The first kappa shape index (κ1) is 13.1. The van der Waals surface area contributed by atoms with E-state index in [1.807, 2.05) is 0 Å². The highest BCUT2D eigenvalue weighted by molar-refractivity contribution is 4.91. The fourth-order valence-corrected chi connectivity index (χ4v) is 3.64. The van der Waals surface area contributed by atoms with Crippen LogP contribution in [0.15, 0.2) is 0 Å². The molecule has 17 heavy (non-hydrogen) atoms. The van der Waals surface area contributed by atoms with Crippen molar-refractivity contribution in [1.29, 1.82) is 0 Å². The molecule has 0 aromatic heterocycles. The van der Waals surface area contributed by atoms with Crippen molar-refractivity contribution in [2.45, 2.75) is 57.2 Å². The van der Waals surface area contributed by atoms with E-state index in [4.69, 9.17) is 5.84 Å². The predicted molar refractivity (Wildman–Crippen MR) is 60.0 cm³/mol. The van der Waals surface area contributed by atoms with Crippen molar-refractivity contribution in [3.8, 4) is 0 Å². The Bertz CT molecular complexity index is 255. The minimum atomic E-state index is -4.07. The summed E-state index contributed by atoms with van der Waals surface area (Å²) in [5, 5.41) is 0. The SMILES string of the molecule is NNC(CCC(F)(F)F)CC1CC2CCC1C2. The molecule has 0 aliphatic heterocycles. The maximum atomic E-state index is 12.1. The Labute approximate surface area is 100 Å². The molecule has 5 heteroatoms. The van der Waals surface area contributed by atoms with E-state index in [1.54, 1.807) is 0 Å². The number of hydrogen-bond donors (Lipinski definition) is 2. The fourth-order valence-electron chi connectivity index (χ4n) is 3.64. The van der Waals surface area contributed by atoms with E-state index in [1.165, 1.54) is 25.7 Å². The van der Waals surface area contributed by atoms with E-state index in [0.717, 1.165) is 18.3 Å². The topological polar surface area (TPSA) is 38.0 Å². The lowest BCUT2D eigenvalue weighted by atomic mass is 9.83. The molecule has 0 aromatic rings. The van der Waals surface area contributed by atoms with Crippen molar-refractivity contribution in [2.75, 3.05) is 0 Å². The Kier molecular flexibility index (Phi) is 3.98. The van der Waals surface area contributed by atoms with Gasteiger partial charge in [-0.3, -0.25) is 11.3 Å². The first-order chi connectivity index (χ1) is 7.98. The zero-order valence-corrected chi connectivity index (χ0v) is 9.97. The molecule has 0 amide bonds. The van der Waals surface area contributed by atoms with Gasteiger partial charge in [-0.05, 0) is 49.9 Å². The summed E-state index contributed by atoms with van der Waals surface area (Å²) >= 11 is 0. The van der Waals surface area contributed by atoms with Crippen LogP contribution in [0.4, 0.5) is 13.2 Å². The van der Waals surface area contributed by atoms with Crippen molar-refractivity contribution in [2.24, 2.45) is 23.6 Å². The number of alkyl halides is 3. The maximum absolute atomic E-state index is 12.1.